The van der Waals surface area contributed by atoms with Gasteiger partial charge in [-0.1, -0.05) is 12.5 Å². The molecule has 2 aliphatic rings. The first kappa shape index (κ1) is 18.0. The average Bonchev–Trinajstić information content (AvgIpc) is 2.93. The van der Waals surface area contributed by atoms with Gasteiger partial charge in [0, 0.05) is 18.5 Å². The number of rotatable bonds is 3. The van der Waals surface area contributed by atoms with E-state index in [1.165, 1.54) is 19.3 Å². The van der Waals surface area contributed by atoms with Crippen molar-refractivity contribution in [1.29, 1.82) is 0 Å². The number of hydrogen-bond donors (Lipinski definition) is 1. The summed E-state index contributed by atoms with van der Waals surface area (Å²) >= 11 is 0. The van der Waals surface area contributed by atoms with Crippen molar-refractivity contribution in [1.82, 2.24) is 14.9 Å². The molecule has 0 bridgehead atoms. The number of ether oxygens (including phenoxy) is 2. The molecule has 1 atom stereocenters. The standard InChI is InChI=1S/C23H25N3O3/c1-15(16-7-9-20-21(14-16)29-12-11-28-20)24-23(27)17-6-8-19-18(13-17)25-22-5-3-2-4-10-26(19)22/h6-9,13-15H,2-5,10-12H2,1H3,(H,24,27)/t15-/m0/s1. The van der Waals surface area contributed by atoms with Crippen LogP contribution in [0.1, 0.15) is 54.0 Å². The van der Waals surface area contributed by atoms with Crippen molar-refractivity contribution in [2.24, 2.45) is 0 Å². The molecule has 3 aromatic rings. The van der Waals surface area contributed by atoms with Crippen molar-refractivity contribution in [3.8, 4) is 11.5 Å². The maximum absolute atomic E-state index is 12.9. The molecule has 2 aliphatic heterocycles. The van der Waals surface area contributed by atoms with Gasteiger partial charge < -0.3 is 19.4 Å². The molecule has 5 rings (SSSR count). The molecule has 29 heavy (non-hydrogen) atoms. The van der Waals surface area contributed by atoms with Gasteiger partial charge in [0.2, 0.25) is 0 Å². The highest BCUT2D eigenvalue weighted by molar-refractivity contribution is 5.97. The van der Waals surface area contributed by atoms with E-state index in [2.05, 4.69) is 9.88 Å². The highest BCUT2D eigenvalue weighted by Crippen LogP contribution is 2.32. The number of fused-ring (bicyclic) bond motifs is 4. The molecule has 0 fully saturated rings. The number of benzene rings is 2. The van der Waals surface area contributed by atoms with Gasteiger partial charge in [-0.25, -0.2) is 4.98 Å². The van der Waals surface area contributed by atoms with Gasteiger partial charge in [0.25, 0.3) is 5.91 Å². The number of amides is 1. The van der Waals surface area contributed by atoms with Gasteiger partial charge in [-0.3, -0.25) is 4.79 Å². The Morgan fingerprint density at radius 2 is 1.93 bits per heavy atom. The number of carbonyl (C=O) groups is 1. The molecule has 0 unspecified atom stereocenters. The molecule has 3 heterocycles. The lowest BCUT2D eigenvalue weighted by molar-refractivity contribution is 0.0940. The van der Waals surface area contributed by atoms with Gasteiger partial charge >= 0.3 is 0 Å². The van der Waals surface area contributed by atoms with Crippen LogP contribution in [0, 0.1) is 0 Å². The Labute approximate surface area is 169 Å². The third-order valence-corrected chi connectivity index (χ3v) is 5.79. The minimum atomic E-state index is -0.146. The van der Waals surface area contributed by atoms with E-state index in [1.807, 2.05) is 43.3 Å². The first-order valence-electron chi connectivity index (χ1n) is 10.4. The highest BCUT2D eigenvalue weighted by atomic mass is 16.6. The summed E-state index contributed by atoms with van der Waals surface area (Å²) in [6.07, 6.45) is 4.64. The van der Waals surface area contributed by atoms with Crippen LogP contribution in [-0.4, -0.2) is 28.7 Å². The van der Waals surface area contributed by atoms with Crippen LogP contribution in [0.2, 0.25) is 0 Å². The Bertz CT molecular complexity index is 1070. The number of nitrogens with zero attached hydrogens (tertiary/aromatic N) is 2. The van der Waals surface area contributed by atoms with E-state index in [9.17, 15) is 4.79 Å². The van der Waals surface area contributed by atoms with Crippen molar-refractivity contribution < 1.29 is 14.3 Å². The van der Waals surface area contributed by atoms with Crippen LogP contribution < -0.4 is 14.8 Å². The minimum absolute atomic E-state index is 0.0996. The zero-order chi connectivity index (χ0) is 19.8. The first-order chi connectivity index (χ1) is 14.2. The largest absolute Gasteiger partial charge is 0.486 e. The zero-order valence-corrected chi connectivity index (χ0v) is 16.6. The lowest BCUT2D eigenvalue weighted by Crippen LogP contribution is -2.26. The van der Waals surface area contributed by atoms with E-state index in [-0.39, 0.29) is 11.9 Å². The Morgan fingerprint density at radius 1 is 1.07 bits per heavy atom. The molecule has 0 spiro atoms. The fraction of sp³-hybridized carbons (Fsp3) is 0.391. The molecule has 6 nitrogen and oxygen atoms in total. The molecule has 2 aromatic carbocycles. The Balaban J connectivity index is 1.35. The van der Waals surface area contributed by atoms with E-state index >= 15 is 0 Å². The van der Waals surface area contributed by atoms with E-state index in [0.717, 1.165) is 46.9 Å². The van der Waals surface area contributed by atoms with Crippen LogP contribution in [0.4, 0.5) is 0 Å². The molecule has 6 heteroatoms. The Morgan fingerprint density at radius 3 is 2.83 bits per heavy atom. The maximum atomic E-state index is 12.9. The molecule has 0 radical (unpaired) electrons. The van der Waals surface area contributed by atoms with E-state index in [1.54, 1.807) is 0 Å². The van der Waals surface area contributed by atoms with Gasteiger partial charge in [0.05, 0.1) is 17.1 Å². The monoisotopic (exact) mass is 391 g/mol. The minimum Gasteiger partial charge on any atom is -0.486 e. The summed E-state index contributed by atoms with van der Waals surface area (Å²) in [6.45, 7) is 4.10. The normalized spacial score (nSPS) is 16.7. The number of carbonyl (C=O) groups excluding carboxylic acids is 1. The van der Waals surface area contributed by atoms with Crippen LogP contribution in [-0.2, 0) is 13.0 Å². The number of hydrogen-bond acceptors (Lipinski definition) is 4. The molecule has 1 aromatic heterocycles. The van der Waals surface area contributed by atoms with Crippen molar-refractivity contribution in [3.63, 3.8) is 0 Å². The van der Waals surface area contributed by atoms with Crippen LogP contribution in [0.5, 0.6) is 11.5 Å². The second-order valence-electron chi connectivity index (χ2n) is 7.79. The number of imidazole rings is 1. The van der Waals surface area contributed by atoms with Crippen LogP contribution >= 0.6 is 0 Å². The first-order valence-corrected chi connectivity index (χ1v) is 10.4. The smallest absolute Gasteiger partial charge is 0.251 e. The summed E-state index contributed by atoms with van der Waals surface area (Å²) in [4.78, 5) is 17.7. The summed E-state index contributed by atoms with van der Waals surface area (Å²) < 4.78 is 13.5. The van der Waals surface area contributed by atoms with Crippen LogP contribution in [0.3, 0.4) is 0 Å². The van der Waals surface area contributed by atoms with Crippen LogP contribution in [0.25, 0.3) is 11.0 Å². The summed E-state index contributed by atoms with van der Waals surface area (Å²) in [5, 5.41) is 3.09. The predicted molar refractivity (Wildman–Crippen MR) is 111 cm³/mol. The molecule has 0 saturated heterocycles. The Hall–Kier alpha value is -3.02. The summed E-state index contributed by atoms with van der Waals surface area (Å²) in [5.41, 5.74) is 3.65. The molecule has 0 saturated carbocycles. The number of aromatic nitrogens is 2. The van der Waals surface area contributed by atoms with Crippen LogP contribution in [0.15, 0.2) is 36.4 Å². The maximum Gasteiger partial charge on any atom is 0.251 e. The summed E-state index contributed by atoms with van der Waals surface area (Å²) in [5.74, 6) is 2.52. The van der Waals surface area contributed by atoms with Crippen molar-refractivity contribution in [2.45, 2.75) is 45.2 Å². The number of aryl methyl sites for hydroxylation is 2. The van der Waals surface area contributed by atoms with Crippen molar-refractivity contribution in [2.75, 3.05) is 13.2 Å². The molecule has 150 valence electrons. The second-order valence-corrected chi connectivity index (χ2v) is 7.79. The van der Waals surface area contributed by atoms with E-state index in [4.69, 9.17) is 14.5 Å². The fourth-order valence-corrected chi connectivity index (χ4v) is 4.18. The highest BCUT2D eigenvalue weighted by Gasteiger charge is 2.18. The van der Waals surface area contributed by atoms with Gasteiger partial charge in [0.15, 0.2) is 11.5 Å². The third kappa shape index (κ3) is 3.43. The van der Waals surface area contributed by atoms with E-state index < -0.39 is 0 Å². The van der Waals surface area contributed by atoms with Crippen molar-refractivity contribution in [3.05, 3.63) is 53.3 Å². The predicted octanol–water partition coefficient (Wildman–Crippen LogP) is 4.02. The molecule has 1 N–H and O–H groups in total. The zero-order valence-electron chi connectivity index (χ0n) is 16.6. The van der Waals surface area contributed by atoms with Gasteiger partial charge in [-0.2, -0.15) is 0 Å². The Kier molecular flexibility index (Phi) is 4.62. The van der Waals surface area contributed by atoms with Gasteiger partial charge in [-0.05, 0) is 55.7 Å². The summed E-state index contributed by atoms with van der Waals surface area (Å²) in [7, 11) is 0. The van der Waals surface area contributed by atoms with Gasteiger partial charge in [-0.15, -0.1) is 0 Å². The SMILES string of the molecule is C[C@H](NC(=O)c1ccc2c(c1)nc1n2CCCCC1)c1ccc2c(c1)OCCO2. The molecule has 1 amide bonds. The molecular formula is C23H25N3O3. The molecular weight excluding hydrogens is 366 g/mol. The van der Waals surface area contributed by atoms with E-state index in [0.29, 0.717) is 18.8 Å². The van der Waals surface area contributed by atoms with Crippen molar-refractivity contribution >= 4 is 16.9 Å². The average molecular weight is 391 g/mol. The lowest BCUT2D eigenvalue weighted by Gasteiger charge is -2.21. The third-order valence-electron chi connectivity index (χ3n) is 5.79. The summed E-state index contributed by atoms with van der Waals surface area (Å²) in [6, 6.07) is 11.5. The fourth-order valence-electron chi connectivity index (χ4n) is 4.18. The lowest BCUT2D eigenvalue weighted by atomic mass is 10.1. The quantitative estimate of drug-likeness (QED) is 0.732. The topological polar surface area (TPSA) is 65.4 Å². The second kappa shape index (κ2) is 7.43. The molecule has 0 aliphatic carbocycles. The van der Waals surface area contributed by atoms with Gasteiger partial charge in [0.1, 0.15) is 19.0 Å². The number of nitrogens with one attached hydrogen (secondary N) is 1.